The Morgan fingerprint density at radius 2 is 1.33 bits per heavy atom. The molecule has 4 heteroatoms. The zero-order valence-corrected chi connectivity index (χ0v) is 13.6. The Morgan fingerprint density at radius 3 is 1.96 bits per heavy atom. The van der Waals surface area contributed by atoms with Crippen LogP contribution in [0.3, 0.4) is 0 Å². The lowest BCUT2D eigenvalue weighted by Crippen LogP contribution is -2.02. The van der Waals surface area contributed by atoms with Gasteiger partial charge in [0.1, 0.15) is 4.90 Å². The smallest absolute Gasteiger partial charge is 0.282 e. The van der Waals surface area contributed by atoms with Gasteiger partial charge >= 0.3 is 0 Å². The van der Waals surface area contributed by atoms with Crippen LogP contribution in [0.5, 0.6) is 0 Å². The molecular weight excluding hydrogens is 320 g/mol. The number of rotatable bonds is 4. The Kier molecular flexibility index (Phi) is 4.60. The predicted octanol–water partition coefficient (Wildman–Crippen LogP) is 4.77. The second-order valence-corrected chi connectivity index (χ2v) is 6.69. The molecule has 3 aromatic carbocycles. The van der Waals surface area contributed by atoms with Gasteiger partial charge in [0.2, 0.25) is 0 Å². The number of benzene rings is 3. The highest BCUT2D eigenvalue weighted by atomic mass is 32.2. The molecule has 0 atom stereocenters. The molecule has 0 aliphatic carbocycles. The highest BCUT2D eigenvalue weighted by Crippen LogP contribution is 2.30. The van der Waals surface area contributed by atoms with Crippen LogP contribution in [0.1, 0.15) is 11.1 Å². The minimum absolute atomic E-state index is 0.101. The topological polar surface area (TPSA) is 54.4 Å². The lowest BCUT2D eigenvalue weighted by molar-refractivity contribution is 0.483. The van der Waals surface area contributed by atoms with Gasteiger partial charge in [0.05, 0.1) is 0 Å². The van der Waals surface area contributed by atoms with Crippen molar-refractivity contribution in [3.8, 4) is 11.1 Å². The molecule has 0 heterocycles. The number of hydrogen-bond donors (Lipinski definition) is 1. The molecule has 3 rings (SSSR count). The molecule has 3 nitrogen and oxygen atoms in total. The van der Waals surface area contributed by atoms with Crippen LogP contribution in [-0.2, 0) is 10.1 Å². The van der Waals surface area contributed by atoms with Crippen molar-refractivity contribution in [2.24, 2.45) is 0 Å². The fourth-order valence-electron chi connectivity index (χ4n) is 2.55. The van der Waals surface area contributed by atoms with Crippen molar-refractivity contribution in [1.82, 2.24) is 0 Å². The largest absolute Gasteiger partial charge is 0.295 e. The molecule has 0 radical (unpaired) electrons. The molecule has 0 aliphatic rings. The Balaban J connectivity index is 2.19. The molecule has 120 valence electrons. The van der Waals surface area contributed by atoms with E-state index >= 15 is 0 Å². The lowest BCUT2D eigenvalue weighted by Gasteiger charge is -2.10. The van der Waals surface area contributed by atoms with Crippen molar-refractivity contribution in [3.05, 3.63) is 90.0 Å². The van der Waals surface area contributed by atoms with E-state index in [9.17, 15) is 13.0 Å². The van der Waals surface area contributed by atoms with Crippen molar-refractivity contribution in [2.75, 3.05) is 0 Å². The van der Waals surface area contributed by atoms with Crippen LogP contribution < -0.4 is 0 Å². The minimum atomic E-state index is -4.32. The van der Waals surface area contributed by atoms with Crippen molar-refractivity contribution in [3.63, 3.8) is 0 Å². The molecule has 3 aromatic rings. The third-order valence-electron chi connectivity index (χ3n) is 3.67. The van der Waals surface area contributed by atoms with E-state index in [4.69, 9.17) is 0 Å². The summed E-state index contributed by atoms with van der Waals surface area (Å²) < 4.78 is 33.1. The molecule has 0 amide bonds. The fraction of sp³-hybridized carbons (Fsp3) is 0. The molecule has 0 spiro atoms. The van der Waals surface area contributed by atoms with Gasteiger partial charge in [0, 0.05) is 5.56 Å². The molecule has 1 N–H and O–H groups in total. The first kappa shape index (κ1) is 16.2. The van der Waals surface area contributed by atoms with Crippen LogP contribution >= 0.6 is 0 Å². The van der Waals surface area contributed by atoms with Crippen LogP contribution in [0.4, 0.5) is 0 Å². The van der Waals surface area contributed by atoms with Gasteiger partial charge in [-0.25, -0.2) is 0 Å². The van der Waals surface area contributed by atoms with E-state index in [1.165, 1.54) is 6.07 Å². The quantitative estimate of drug-likeness (QED) is 0.551. The van der Waals surface area contributed by atoms with E-state index in [0.717, 1.165) is 16.7 Å². The third kappa shape index (κ3) is 3.62. The molecular formula is C20H16O3S. The molecule has 0 bridgehead atoms. The Morgan fingerprint density at radius 1 is 0.708 bits per heavy atom. The summed E-state index contributed by atoms with van der Waals surface area (Å²) in [5, 5.41) is 0. The highest BCUT2D eigenvalue weighted by molar-refractivity contribution is 7.86. The summed E-state index contributed by atoms with van der Waals surface area (Å²) >= 11 is 0. The summed E-state index contributed by atoms with van der Waals surface area (Å²) in [4.78, 5) is -0.101. The van der Waals surface area contributed by atoms with Crippen molar-refractivity contribution >= 4 is 22.3 Å². The first-order valence-electron chi connectivity index (χ1n) is 7.45. The van der Waals surface area contributed by atoms with Crippen molar-refractivity contribution in [1.29, 1.82) is 0 Å². The van der Waals surface area contributed by atoms with Gasteiger partial charge in [-0.1, -0.05) is 84.9 Å². The average Bonchev–Trinajstić information content (AvgIpc) is 2.60. The first-order valence-corrected chi connectivity index (χ1v) is 8.89. The zero-order chi connectivity index (χ0) is 17.0. The summed E-state index contributed by atoms with van der Waals surface area (Å²) in [7, 11) is -4.32. The zero-order valence-electron chi connectivity index (χ0n) is 12.8. The van der Waals surface area contributed by atoms with Gasteiger partial charge in [-0.3, -0.25) is 4.55 Å². The standard InChI is InChI=1S/C20H16O3S/c21-24(22,23)20-13-7-12-18(17-10-5-2-6-11-17)19(20)15-14-16-8-3-1-4-9-16/h1-15H,(H,21,22,23). The summed E-state index contributed by atoms with van der Waals surface area (Å²) in [5.41, 5.74) is 3.05. The van der Waals surface area contributed by atoms with E-state index in [1.807, 2.05) is 72.8 Å². The van der Waals surface area contributed by atoms with Gasteiger partial charge in [0.25, 0.3) is 10.1 Å². The second-order valence-electron chi connectivity index (χ2n) is 5.30. The molecule has 0 saturated carbocycles. The van der Waals surface area contributed by atoms with E-state index in [1.54, 1.807) is 12.1 Å². The molecule has 24 heavy (non-hydrogen) atoms. The molecule has 0 unspecified atom stereocenters. The summed E-state index contributed by atoms with van der Waals surface area (Å²) in [6, 6.07) is 24.0. The maximum absolute atomic E-state index is 11.8. The van der Waals surface area contributed by atoms with Gasteiger partial charge in [-0.15, -0.1) is 0 Å². The van der Waals surface area contributed by atoms with Gasteiger partial charge < -0.3 is 0 Å². The van der Waals surface area contributed by atoms with E-state index in [0.29, 0.717) is 5.56 Å². The van der Waals surface area contributed by atoms with Crippen molar-refractivity contribution in [2.45, 2.75) is 4.90 Å². The first-order chi connectivity index (χ1) is 11.6. The second kappa shape index (κ2) is 6.83. The lowest BCUT2D eigenvalue weighted by atomic mass is 9.99. The SMILES string of the molecule is O=S(=O)(O)c1cccc(-c2ccccc2)c1C=Cc1ccccc1. The highest BCUT2D eigenvalue weighted by Gasteiger charge is 2.17. The van der Waals surface area contributed by atoms with Gasteiger partial charge in [0.15, 0.2) is 0 Å². The van der Waals surface area contributed by atoms with Gasteiger partial charge in [-0.05, 0) is 22.8 Å². The molecule has 0 saturated heterocycles. The van der Waals surface area contributed by atoms with Crippen LogP contribution in [0.15, 0.2) is 83.8 Å². The van der Waals surface area contributed by atoms with Crippen LogP contribution in [-0.4, -0.2) is 13.0 Å². The molecule has 0 aliphatic heterocycles. The maximum atomic E-state index is 11.8. The summed E-state index contributed by atoms with van der Waals surface area (Å²) in [6.07, 6.45) is 3.55. The summed E-state index contributed by atoms with van der Waals surface area (Å²) in [5.74, 6) is 0. The number of hydrogen-bond acceptors (Lipinski definition) is 2. The Labute approximate surface area is 141 Å². The van der Waals surface area contributed by atoms with E-state index < -0.39 is 10.1 Å². The Bertz CT molecular complexity index is 960. The van der Waals surface area contributed by atoms with Crippen LogP contribution in [0.2, 0.25) is 0 Å². The summed E-state index contributed by atoms with van der Waals surface area (Å²) in [6.45, 7) is 0. The van der Waals surface area contributed by atoms with Crippen molar-refractivity contribution < 1.29 is 13.0 Å². The van der Waals surface area contributed by atoms with E-state index in [-0.39, 0.29) is 4.90 Å². The van der Waals surface area contributed by atoms with E-state index in [2.05, 4.69) is 0 Å². The normalized spacial score (nSPS) is 11.7. The average molecular weight is 336 g/mol. The third-order valence-corrected chi connectivity index (χ3v) is 4.58. The maximum Gasteiger partial charge on any atom is 0.295 e. The van der Waals surface area contributed by atoms with Crippen LogP contribution in [0, 0.1) is 0 Å². The van der Waals surface area contributed by atoms with Crippen LogP contribution in [0.25, 0.3) is 23.3 Å². The molecule has 0 fully saturated rings. The minimum Gasteiger partial charge on any atom is -0.282 e. The fourth-order valence-corrected chi connectivity index (χ4v) is 3.26. The Hall–Kier alpha value is -2.69. The molecule has 0 aromatic heterocycles. The predicted molar refractivity (Wildman–Crippen MR) is 97.1 cm³/mol. The van der Waals surface area contributed by atoms with Gasteiger partial charge in [-0.2, -0.15) is 8.42 Å². The monoisotopic (exact) mass is 336 g/mol.